The summed E-state index contributed by atoms with van der Waals surface area (Å²) in [4.78, 5) is 4.06. The van der Waals surface area contributed by atoms with Crippen molar-refractivity contribution in [1.82, 2.24) is 14.9 Å². The molecule has 0 saturated heterocycles. The average Bonchev–Trinajstić information content (AvgIpc) is 2.52. The Morgan fingerprint density at radius 1 is 1.20 bits per heavy atom. The van der Waals surface area contributed by atoms with E-state index in [1.807, 2.05) is 18.7 Å². The van der Waals surface area contributed by atoms with E-state index in [9.17, 15) is 0 Å². The van der Waals surface area contributed by atoms with Crippen LogP contribution in [0.4, 0.5) is 0 Å². The number of aromatic nitrogens is 2. The van der Waals surface area contributed by atoms with Crippen LogP contribution in [0.5, 0.6) is 0 Å². The van der Waals surface area contributed by atoms with Gasteiger partial charge >= 0.3 is 0 Å². The molecule has 86 valence electrons. The highest BCUT2D eigenvalue weighted by atomic mass is 15.0. The van der Waals surface area contributed by atoms with Gasteiger partial charge in [-0.3, -0.25) is 0 Å². The zero-order valence-electron chi connectivity index (χ0n) is 10.5. The van der Waals surface area contributed by atoms with Crippen LogP contribution in [0.2, 0.25) is 0 Å². The third kappa shape index (κ3) is 4.98. The molecule has 0 aliphatic rings. The van der Waals surface area contributed by atoms with E-state index in [-0.39, 0.29) is 11.0 Å². The Kier molecular flexibility index (Phi) is 3.55. The Balaban J connectivity index is 2.45. The molecule has 0 aliphatic heterocycles. The topological polar surface area (TPSA) is 29.9 Å². The molecule has 0 unspecified atom stereocenters. The molecule has 0 bridgehead atoms. The van der Waals surface area contributed by atoms with Crippen molar-refractivity contribution in [2.45, 2.75) is 46.7 Å². The fraction of sp³-hybridized carbons (Fsp3) is 0.750. The van der Waals surface area contributed by atoms with Crippen LogP contribution in [0.3, 0.4) is 0 Å². The van der Waals surface area contributed by atoms with Gasteiger partial charge in [-0.1, -0.05) is 13.8 Å². The van der Waals surface area contributed by atoms with Crippen molar-refractivity contribution in [3.63, 3.8) is 0 Å². The molecule has 0 radical (unpaired) electrons. The van der Waals surface area contributed by atoms with E-state index in [0.717, 1.165) is 13.1 Å². The maximum absolute atomic E-state index is 4.06. The number of nitrogens with one attached hydrogen (secondary N) is 1. The van der Waals surface area contributed by atoms with Gasteiger partial charge in [0.25, 0.3) is 0 Å². The first kappa shape index (κ1) is 12.2. The Morgan fingerprint density at radius 2 is 1.87 bits per heavy atom. The van der Waals surface area contributed by atoms with Crippen LogP contribution in [-0.4, -0.2) is 21.6 Å². The Morgan fingerprint density at radius 3 is 2.33 bits per heavy atom. The maximum atomic E-state index is 4.06. The molecule has 3 heteroatoms. The van der Waals surface area contributed by atoms with Crippen molar-refractivity contribution in [2.24, 2.45) is 5.41 Å². The van der Waals surface area contributed by atoms with Crippen LogP contribution in [0, 0.1) is 5.41 Å². The highest BCUT2D eigenvalue weighted by Crippen LogP contribution is 2.17. The number of nitrogens with zero attached hydrogens (tertiary/aromatic N) is 2. The highest BCUT2D eigenvalue weighted by molar-refractivity contribution is 4.82. The molecular formula is C12H23N3. The van der Waals surface area contributed by atoms with Gasteiger partial charge in [0.05, 0.1) is 6.33 Å². The van der Waals surface area contributed by atoms with Gasteiger partial charge in [-0.2, -0.15) is 0 Å². The molecule has 0 aromatic carbocycles. The summed E-state index contributed by atoms with van der Waals surface area (Å²) in [5.74, 6) is 0. The summed E-state index contributed by atoms with van der Waals surface area (Å²) < 4.78 is 2.13. The minimum absolute atomic E-state index is 0.187. The summed E-state index contributed by atoms with van der Waals surface area (Å²) >= 11 is 0. The summed E-state index contributed by atoms with van der Waals surface area (Å²) in [6, 6.07) is 0. The summed E-state index contributed by atoms with van der Waals surface area (Å²) in [7, 11) is 0. The molecule has 15 heavy (non-hydrogen) atoms. The van der Waals surface area contributed by atoms with Gasteiger partial charge in [0.15, 0.2) is 0 Å². The lowest BCUT2D eigenvalue weighted by Crippen LogP contribution is -2.43. The first-order chi connectivity index (χ1) is 6.79. The van der Waals surface area contributed by atoms with Gasteiger partial charge in [-0.25, -0.2) is 4.98 Å². The average molecular weight is 209 g/mol. The van der Waals surface area contributed by atoms with Gasteiger partial charge in [0, 0.05) is 31.0 Å². The van der Waals surface area contributed by atoms with Crippen molar-refractivity contribution in [3.05, 3.63) is 18.7 Å². The van der Waals surface area contributed by atoms with Gasteiger partial charge in [0.2, 0.25) is 0 Å². The SMILES string of the molecule is CC(C)(CNC(C)(C)C)Cn1ccnc1. The largest absolute Gasteiger partial charge is 0.337 e. The summed E-state index contributed by atoms with van der Waals surface area (Å²) in [5.41, 5.74) is 0.431. The lowest BCUT2D eigenvalue weighted by atomic mass is 9.92. The van der Waals surface area contributed by atoms with Gasteiger partial charge in [0.1, 0.15) is 0 Å². The lowest BCUT2D eigenvalue weighted by Gasteiger charge is -2.30. The Bertz CT molecular complexity index is 280. The van der Waals surface area contributed by atoms with Crippen molar-refractivity contribution < 1.29 is 0 Å². The van der Waals surface area contributed by atoms with Crippen LogP contribution in [0.15, 0.2) is 18.7 Å². The molecular weight excluding hydrogens is 186 g/mol. The van der Waals surface area contributed by atoms with E-state index >= 15 is 0 Å². The van der Waals surface area contributed by atoms with Crippen LogP contribution < -0.4 is 5.32 Å². The normalized spacial score (nSPS) is 13.1. The van der Waals surface area contributed by atoms with Crippen LogP contribution >= 0.6 is 0 Å². The summed E-state index contributed by atoms with van der Waals surface area (Å²) in [6.07, 6.45) is 5.71. The molecule has 1 N–H and O–H groups in total. The molecule has 0 amide bonds. The van der Waals surface area contributed by atoms with E-state index < -0.39 is 0 Å². The van der Waals surface area contributed by atoms with Crippen molar-refractivity contribution in [3.8, 4) is 0 Å². The minimum atomic E-state index is 0.187. The third-order valence-corrected chi connectivity index (χ3v) is 2.27. The lowest BCUT2D eigenvalue weighted by molar-refractivity contribution is 0.255. The van der Waals surface area contributed by atoms with E-state index in [1.54, 1.807) is 0 Å². The zero-order chi connectivity index (χ0) is 11.5. The summed E-state index contributed by atoms with van der Waals surface area (Å²) in [5, 5.41) is 3.54. The molecule has 0 fully saturated rings. The second kappa shape index (κ2) is 4.35. The minimum Gasteiger partial charge on any atom is -0.337 e. The number of hydrogen-bond acceptors (Lipinski definition) is 2. The standard InChI is InChI=1S/C12H23N3/c1-11(2,3)14-8-12(4,5)9-15-7-6-13-10-15/h6-7,10,14H,8-9H2,1-5H3. The quantitative estimate of drug-likeness (QED) is 0.824. The first-order valence-corrected chi connectivity index (χ1v) is 5.49. The smallest absolute Gasteiger partial charge is 0.0946 e. The molecule has 1 aromatic rings. The van der Waals surface area contributed by atoms with Crippen LogP contribution in [-0.2, 0) is 6.54 Å². The van der Waals surface area contributed by atoms with Gasteiger partial charge in [-0.05, 0) is 26.2 Å². The number of hydrogen-bond donors (Lipinski definition) is 1. The third-order valence-electron chi connectivity index (χ3n) is 2.27. The van der Waals surface area contributed by atoms with Gasteiger partial charge in [-0.15, -0.1) is 0 Å². The van der Waals surface area contributed by atoms with Gasteiger partial charge < -0.3 is 9.88 Å². The molecule has 0 saturated carbocycles. The van der Waals surface area contributed by atoms with E-state index in [1.165, 1.54) is 0 Å². The molecule has 0 spiro atoms. The molecule has 1 heterocycles. The molecule has 1 rings (SSSR count). The predicted octanol–water partition coefficient (Wildman–Crippen LogP) is 2.30. The Hall–Kier alpha value is -0.830. The second-order valence-electron chi connectivity index (χ2n) is 6.00. The van der Waals surface area contributed by atoms with Crippen molar-refractivity contribution in [1.29, 1.82) is 0 Å². The summed E-state index contributed by atoms with van der Waals surface area (Å²) in [6.45, 7) is 13.1. The van der Waals surface area contributed by atoms with E-state index in [0.29, 0.717) is 0 Å². The fourth-order valence-electron chi connectivity index (χ4n) is 1.43. The zero-order valence-corrected chi connectivity index (χ0v) is 10.5. The Labute approximate surface area is 92.9 Å². The number of imidazole rings is 1. The second-order valence-corrected chi connectivity index (χ2v) is 6.00. The predicted molar refractivity (Wildman–Crippen MR) is 63.8 cm³/mol. The maximum Gasteiger partial charge on any atom is 0.0946 e. The van der Waals surface area contributed by atoms with Crippen LogP contribution in [0.1, 0.15) is 34.6 Å². The van der Waals surface area contributed by atoms with Crippen molar-refractivity contribution >= 4 is 0 Å². The number of rotatable bonds is 4. The molecule has 1 aromatic heterocycles. The monoisotopic (exact) mass is 209 g/mol. The molecule has 0 aliphatic carbocycles. The van der Waals surface area contributed by atoms with E-state index in [2.05, 4.69) is 49.5 Å². The fourth-order valence-corrected chi connectivity index (χ4v) is 1.43. The molecule has 3 nitrogen and oxygen atoms in total. The highest BCUT2D eigenvalue weighted by Gasteiger charge is 2.21. The first-order valence-electron chi connectivity index (χ1n) is 5.49. The van der Waals surface area contributed by atoms with Crippen molar-refractivity contribution in [2.75, 3.05) is 6.54 Å². The van der Waals surface area contributed by atoms with E-state index in [4.69, 9.17) is 0 Å². The molecule has 0 atom stereocenters. The van der Waals surface area contributed by atoms with Crippen LogP contribution in [0.25, 0.3) is 0 Å².